The van der Waals surface area contributed by atoms with Gasteiger partial charge in [-0.1, -0.05) is 36.4 Å². The lowest BCUT2D eigenvalue weighted by Crippen LogP contribution is -2.53. The molecule has 1 unspecified atom stereocenters. The van der Waals surface area contributed by atoms with Crippen molar-refractivity contribution in [2.24, 2.45) is 5.73 Å². The predicted molar refractivity (Wildman–Crippen MR) is 102 cm³/mol. The second kappa shape index (κ2) is 8.50. The van der Waals surface area contributed by atoms with Crippen LogP contribution in [0.5, 0.6) is 0 Å². The van der Waals surface area contributed by atoms with Gasteiger partial charge in [0.2, 0.25) is 0 Å². The molecule has 6 heteroatoms. The summed E-state index contributed by atoms with van der Waals surface area (Å²) in [4.78, 5) is 14.4. The number of benzene rings is 2. The van der Waals surface area contributed by atoms with E-state index in [1.54, 1.807) is 4.90 Å². The number of carbonyl (C=O) groups excluding carboxylic acids is 1. The maximum absolute atomic E-state index is 13.3. The van der Waals surface area contributed by atoms with E-state index in [0.717, 1.165) is 30.4 Å². The highest BCUT2D eigenvalue weighted by molar-refractivity contribution is 5.75. The Kier molecular flexibility index (Phi) is 6.08. The summed E-state index contributed by atoms with van der Waals surface area (Å²) in [7, 11) is 0. The molecule has 5 nitrogen and oxygen atoms in total. The van der Waals surface area contributed by atoms with Gasteiger partial charge in [0, 0.05) is 31.6 Å². The molecule has 1 atom stereocenters. The molecule has 2 aromatic carbocycles. The third kappa shape index (κ3) is 4.84. The van der Waals surface area contributed by atoms with Crippen molar-refractivity contribution in [3.63, 3.8) is 0 Å². The molecule has 4 N–H and O–H groups in total. The molecule has 27 heavy (non-hydrogen) atoms. The Bertz CT molecular complexity index is 758. The van der Waals surface area contributed by atoms with Crippen LogP contribution in [0.3, 0.4) is 0 Å². The average Bonchev–Trinajstić information content (AvgIpc) is 2.69. The van der Waals surface area contributed by atoms with Crippen molar-refractivity contribution in [2.75, 3.05) is 13.1 Å². The Labute approximate surface area is 159 Å². The van der Waals surface area contributed by atoms with Crippen LogP contribution in [0.4, 0.5) is 9.18 Å². The summed E-state index contributed by atoms with van der Waals surface area (Å²) in [5, 5.41) is 14.1. The number of nitrogens with two attached hydrogens (primary N) is 1. The standard InChI is InChI=1S/C21H26FN3O2/c22-19-10-8-18(9-11-19)21(27,14-16-4-6-17(15-23)7-5-16)24-20(26)25-12-2-1-3-13-25/h4-11,27H,1-3,12-15,23H2,(H,24,26). The van der Waals surface area contributed by atoms with Crippen molar-refractivity contribution in [3.05, 3.63) is 71.0 Å². The lowest BCUT2D eigenvalue weighted by Gasteiger charge is -2.34. The molecule has 0 radical (unpaired) electrons. The van der Waals surface area contributed by atoms with Crippen molar-refractivity contribution in [2.45, 2.75) is 38.0 Å². The maximum atomic E-state index is 13.3. The molecule has 1 aliphatic heterocycles. The number of aliphatic hydroxyl groups is 1. The van der Waals surface area contributed by atoms with Crippen LogP contribution in [0.2, 0.25) is 0 Å². The number of likely N-dealkylation sites (tertiary alicyclic amines) is 1. The van der Waals surface area contributed by atoms with Crippen LogP contribution in [0, 0.1) is 5.82 Å². The first-order valence-electron chi connectivity index (χ1n) is 9.33. The summed E-state index contributed by atoms with van der Waals surface area (Å²) >= 11 is 0. The molecule has 3 rings (SSSR count). The molecule has 1 aliphatic rings. The maximum Gasteiger partial charge on any atom is 0.319 e. The van der Waals surface area contributed by atoms with Gasteiger partial charge >= 0.3 is 6.03 Å². The molecule has 0 saturated carbocycles. The molecule has 0 bridgehead atoms. The molecule has 1 fully saturated rings. The van der Waals surface area contributed by atoms with Gasteiger partial charge in [0.1, 0.15) is 5.82 Å². The number of urea groups is 1. The first-order valence-corrected chi connectivity index (χ1v) is 9.33. The van der Waals surface area contributed by atoms with Gasteiger partial charge in [-0.15, -0.1) is 0 Å². The molecule has 2 aromatic rings. The number of piperidine rings is 1. The van der Waals surface area contributed by atoms with E-state index in [0.29, 0.717) is 25.2 Å². The highest BCUT2D eigenvalue weighted by Crippen LogP contribution is 2.25. The number of nitrogens with zero attached hydrogens (tertiary/aromatic N) is 1. The van der Waals surface area contributed by atoms with Gasteiger partial charge in [-0.05, 0) is 42.5 Å². The van der Waals surface area contributed by atoms with Crippen molar-refractivity contribution in [1.29, 1.82) is 0 Å². The third-order valence-electron chi connectivity index (χ3n) is 5.00. The Morgan fingerprint density at radius 3 is 2.22 bits per heavy atom. The Morgan fingerprint density at radius 2 is 1.63 bits per heavy atom. The Balaban J connectivity index is 1.85. The van der Waals surface area contributed by atoms with Crippen LogP contribution in [-0.2, 0) is 18.7 Å². The van der Waals surface area contributed by atoms with Crippen molar-refractivity contribution >= 4 is 6.03 Å². The van der Waals surface area contributed by atoms with E-state index >= 15 is 0 Å². The number of hydrogen-bond donors (Lipinski definition) is 3. The monoisotopic (exact) mass is 371 g/mol. The highest BCUT2D eigenvalue weighted by atomic mass is 19.1. The van der Waals surface area contributed by atoms with Gasteiger partial charge in [-0.25, -0.2) is 9.18 Å². The van der Waals surface area contributed by atoms with E-state index in [1.165, 1.54) is 24.3 Å². The zero-order chi connectivity index (χ0) is 19.3. The van der Waals surface area contributed by atoms with E-state index in [2.05, 4.69) is 5.32 Å². The quantitative estimate of drug-likeness (QED) is 0.707. The molecule has 144 valence electrons. The highest BCUT2D eigenvalue weighted by Gasteiger charge is 2.33. The molecule has 2 amide bonds. The molecule has 0 aliphatic carbocycles. The van der Waals surface area contributed by atoms with Gasteiger partial charge < -0.3 is 21.1 Å². The summed E-state index contributed by atoms with van der Waals surface area (Å²) in [6.07, 6.45) is 3.20. The molecule has 1 saturated heterocycles. The van der Waals surface area contributed by atoms with E-state index < -0.39 is 11.5 Å². The number of rotatable bonds is 5. The number of amides is 2. The summed E-state index contributed by atoms with van der Waals surface area (Å²) in [6, 6.07) is 12.8. The topological polar surface area (TPSA) is 78.6 Å². The fourth-order valence-corrected chi connectivity index (χ4v) is 3.39. The smallest absolute Gasteiger partial charge is 0.319 e. The van der Waals surface area contributed by atoms with Crippen LogP contribution >= 0.6 is 0 Å². The largest absolute Gasteiger partial charge is 0.366 e. The first kappa shape index (κ1) is 19.3. The van der Waals surface area contributed by atoms with E-state index in [4.69, 9.17) is 5.73 Å². The minimum Gasteiger partial charge on any atom is -0.366 e. The lowest BCUT2D eigenvalue weighted by atomic mass is 9.94. The minimum atomic E-state index is -1.63. The molecule has 0 spiro atoms. The van der Waals surface area contributed by atoms with Crippen LogP contribution in [-0.4, -0.2) is 29.1 Å². The fourth-order valence-electron chi connectivity index (χ4n) is 3.39. The lowest BCUT2D eigenvalue weighted by molar-refractivity contribution is 0.00659. The van der Waals surface area contributed by atoms with Crippen molar-refractivity contribution < 1.29 is 14.3 Å². The Hall–Kier alpha value is -2.44. The second-order valence-electron chi connectivity index (χ2n) is 7.04. The zero-order valence-corrected chi connectivity index (χ0v) is 15.3. The van der Waals surface area contributed by atoms with E-state index in [1.807, 2.05) is 24.3 Å². The van der Waals surface area contributed by atoms with Crippen LogP contribution in [0.25, 0.3) is 0 Å². The Morgan fingerprint density at radius 1 is 1.04 bits per heavy atom. The van der Waals surface area contributed by atoms with Gasteiger partial charge in [0.15, 0.2) is 5.72 Å². The summed E-state index contributed by atoms with van der Waals surface area (Å²) in [5.74, 6) is -0.393. The molecular formula is C21H26FN3O2. The zero-order valence-electron chi connectivity index (χ0n) is 15.3. The van der Waals surface area contributed by atoms with Crippen LogP contribution < -0.4 is 11.1 Å². The molecule has 0 aromatic heterocycles. The number of halogens is 1. The van der Waals surface area contributed by atoms with E-state index in [-0.39, 0.29) is 12.5 Å². The third-order valence-corrected chi connectivity index (χ3v) is 5.00. The fraction of sp³-hybridized carbons (Fsp3) is 0.381. The summed E-state index contributed by atoms with van der Waals surface area (Å²) < 4.78 is 13.3. The normalized spacial score (nSPS) is 16.6. The van der Waals surface area contributed by atoms with Crippen molar-refractivity contribution in [1.82, 2.24) is 10.2 Å². The van der Waals surface area contributed by atoms with Crippen LogP contribution in [0.15, 0.2) is 48.5 Å². The van der Waals surface area contributed by atoms with Gasteiger partial charge in [0.25, 0.3) is 0 Å². The molecule has 1 heterocycles. The van der Waals surface area contributed by atoms with Gasteiger partial charge in [0.05, 0.1) is 0 Å². The second-order valence-corrected chi connectivity index (χ2v) is 7.04. The van der Waals surface area contributed by atoms with Crippen molar-refractivity contribution in [3.8, 4) is 0 Å². The van der Waals surface area contributed by atoms with Gasteiger partial charge in [-0.2, -0.15) is 0 Å². The number of hydrogen-bond acceptors (Lipinski definition) is 3. The number of carbonyl (C=O) groups is 1. The summed E-state index contributed by atoms with van der Waals surface area (Å²) in [5.41, 5.74) is 6.28. The molecular weight excluding hydrogens is 345 g/mol. The van der Waals surface area contributed by atoms with Crippen LogP contribution in [0.1, 0.15) is 36.0 Å². The average molecular weight is 371 g/mol. The number of nitrogens with one attached hydrogen (secondary N) is 1. The first-order chi connectivity index (χ1) is 13.0. The summed E-state index contributed by atoms with van der Waals surface area (Å²) in [6.45, 7) is 1.79. The van der Waals surface area contributed by atoms with Gasteiger partial charge in [-0.3, -0.25) is 0 Å². The predicted octanol–water partition coefficient (Wildman–Crippen LogP) is 2.87. The minimum absolute atomic E-state index is 0.170. The SMILES string of the molecule is NCc1ccc(CC(O)(NC(=O)N2CCCCC2)c2ccc(F)cc2)cc1. The van der Waals surface area contributed by atoms with E-state index in [9.17, 15) is 14.3 Å².